The number of ether oxygens (including phenoxy) is 1. The van der Waals surface area contributed by atoms with Gasteiger partial charge in [0.1, 0.15) is 5.60 Å². The smallest absolute Gasteiger partial charge is 0.338 e. The molecule has 0 spiro atoms. The number of hydrogen-bond donors (Lipinski definition) is 1. The van der Waals surface area contributed by atoms with Crippen LogP contribution in [0.4, 0.5) is 0 Å². The highest BCUT2D eigenvalue weighted by Gasteiger charge is 2.22. The normalized spacial score (nSPS) is 12.3. The quantitative estimate of drug-likeness (QED) is 0.841. The summed E-state index contributed by atoms with van der Waals surface area (Å²) in [5.74, 6) is -0.560. The molecule has 0 heterocycles. The molecule has 1 aromatic rings. The molecule has 1 aromatic carbocycles. The lowest BCUT2D eigenvalue weighted by molar-refractivity contribution is 0.00685. The molecule has 0 radical (unpaired) electrons. The lowest BCUT2D eigenvalue weighted by Gasteiger charge is -2.20. The number of rotatable bonds is 2. The molecular formula is C13H19NO4S. The van der Waals surface area contributed by atoms with Crippen molar-refractivity contribution in [1.82, 2.24) is 0 Å². The average Bonchev–Trinajstić information content (AvgIpc) is 2.11. The number of aryl methyl sites for hydroxylation is 2. The summed E-state index contributed by atoms with van der Waals surface area (Å²) in [7, 11) is -3.86. The van der Waals surface area contributed by atoms with Crippen molar-refractivity contribution in [3.05, 3.63) is 28.8 Å². The molecule has 0 aliphatic carbocycles. The largest absolute Gasteiger partial charge is 0.456 e. The van der Waals surface area contributed by atoms with Gasteiger partial charge in [-0.1, -0.05) is 6.07 Å². The van der Waals surface area contributed by atoms with E-state index in [9.17, 15) is 13.2 Å². The number of carbonyl (C=O) groups excluding carboxylic acids is 1. The van der Waals surface area contributed by atoms with Gasteiger partial charge in [-0.05, 0) is 51.8 Å². The van der Waals surface area contributed by atoms with Crippen LogP contribution in [0.5, 0.6) is 0 Å². The molecule has 0 aromatic heterocycles. The predicted molar refractivity (Wildman–Crippen MR) is 72.5 cm³/mol. The molecule has 0 amide bonds. The Hall–Kier alpha value is -1.40. The van der Waals surface area contributed by atoms with Gasteiger partial charge < -0.3 is 4.74 Å². The van der Waals surface area contributed by atoms with E-state index in [1.807, 2.05) is 0 Å². The van der Waals surface area contributed by atoms with Crippen molar-refractivity contribution in [1.29, 1.82) is 0 Å². The minimum atomic E-state index is -3.86. The molecule has 0 aliphatic heterocycles. The standard InChI is InChI=1S/C13H19NO4S/c1-8-6-9(2)11(19(14,16)17)7-10(8)12(15)18-13(3,4)5/h6-7H,1-5H3,(H2,14,16,17). The Morgan fingerprint density at radius 2 is 1.68 bits per heavy atom. The second-order valence-corrected chi connectivity index (χ2v) is 7.01. The Morgan fingerprint density at radius 1 is 1.16 bits per heavy atom. The van der Waals surface area contributed by atoms with Crippen LogP contribution in [0.1, 0.15) is 42.3 Å². The second-order valence-electron chi connectivity index (χ2n) is 5.48. The van der Waals surface area contributed by atoms with Gasteiger partial charge in [-0.25, -0.2) is 18.4 Å². The number of primary sulfonamides is 1. The summed E-state index contributed by atoms with van der Waals surface area (Å²) in [6, 6.07) is 2.88. The van der Waals surface area contributed by atoms with Gasteiger partial charge in [0.2, 0.25) is 10.0 Å². The summed E-state index contributed by atoms with van der Waals surface area (Å²) in [6.07, 6.45) is 0. The second kappa shape index (κ2) is 4.94. The van der Waals surface area contributed by atoms with E-state index in [1.54, 1.807) is 40.7 Å². The number of carbonyl (C=O) groups is 1. The van der Waals surface area contributed by atoms with Crippen molar-refractivity contribution in [2.45, 2.75) is 45.1 Å². The van der Waals surface area contributed by atoms with Crippen LogP contribution in [0.2, 0.25) is 0 Å². The van der Waals surface area contributed by atoms with Crippen LogP contribution < -0.4 is 5.14 Å². The zero-order valence-electron chi connectivity index (χ0n) is 11.8. The molecule has 5 nitrogen and oxygen atoms in total. The highest BCUT2D eigenvalue weighted by Crippen LogP contribution is 2.22. The van der Waals surface area contributed by atoms with Gasteiger partial charge in [0.15, 0.2) is 0 Å². The molecule has 0 atom stereocenters. The molecular weight excluding hydrogens is 266 g/mol. The van der Waals surface area contributed by atoms with Gasteiger partial charge in [0.05, 0.1) is 10.5 Å². The Morgan fingerprint density at radius 3 is 2.11 bits per heavy atom. The first-order valence-electron chi connectivity index (χ1n) is 5.79. The van der Waals surface area contributed by atoms with Crippen LogP contribution in [0.3, 0.4) is 0 Å². The van der Waals surface area contributed by atoms with E-state index in [-0.39, 0.29) is 10.5 Å². The first-order valence-corrected chi connectivity index (χ1v) is 7.34. The Kier molecular flexibility index (Phi) is 4.07. The Bertz CT molecular complexity index is 612. The Balaban J connectivity index is 3.34. The zero-order valence-corrected chi connectivity index (χ0v) is 12.6. The maximum absolute atomic E-state index is 12.0. The highest BCUT2D eigenvalue weighted by atomic mass is 32.2. The molecule has 106 valence electrons. The number of benzene rings is 1. The molecule has 0 saturated heterocycles. The summed E-state index contributed by atoms with van der Waals surface area (Å²) in [6.45, 7) is 8.59. The van der Waals surface area contributed by atoms with Gasteiger partial charge in [-0.2, -0.15) is 0 Å². The van der Waals surface area contributed by atoms with E-state index >= 15 is 0 Å². The molecule has 0 saturated carbocycles. The number of nitrogens with two attached hydrogens (primary N) is 1. The monoisotopic (exact) mass is 285 g/mol. The number of sulfonamides is 1. The van der Waals surface area contributed by atoms with E-state index in [1.165, 1.54) is 6.07 Å². The van der Waals surface area contributed by atoms with Crippen molar-refractivity contribution in [3.8, 4) is 0 Å². The van der Waals surface area contributed by atoms with Gasteiger partial charge >= 0.3 is 5.97 Å². The first kappa shape index (κ1) is 15.7. The van der Waals surface area contributed by atoms with Crippen molar-refractivity contribution >= 4 is 16.0 Å². The SMILES string of the molecule is Cc1cc(C)c(S(N)(=O)=O)cc1C(=O)OC(C)(C)C. The van der Waals surface area contributed by atoms with Crippen molar-refractivity contribution in [2.24, 2.45) is 5.14 Å². The van der Waals surface area contributed by atoms with E-state index < -0.39 is 21.6 Å². The summed E-state index contributed by atoms with van der Waals surface area (Å²) in [5, 5.41) is 5.12. The van der Waals surface area contributed by atoms with Crippen molar-refractivity contribution < 1.29 is 17.9 Å². The van der Waals surface area contributed by atoms with Crippen LogP contribution >= 0.6 is 0 Å². The average molecular weight is 285 g/mol. The third kappa shape index (κ3) is 4.04. The number of hydrogen-bond acceptors (Lipinski definition) is 4. The zero-order chi connectivity index (χ0) is 15.0. The molecule has 0 aliphatic rings. The minimum absolute atomic E-state index is 0.0565. The predicted octanol–water partition coefficient (Wildman–Crippen LogP) is 1.91. The summed E-state index contributed by atoms with van der Waals surface area (Å²) in [4.78, 5) is 12.0. The van der Waals surface area contributed by atoms with Crippen LogP contribution in [0.25, 0.3) is 0 Å². The lowest BCUT2D eigenvalue weighted by atomic mass is 10.1. The van der Waals surface area contributed by atoms with Gasteiger partial charge in [-0.15, -0.1) is 0 Å². The van der Waals surface area contributed by atoms with E-state index in [0.29, 0.717) is 11.1 Å². The fourth-order valence-electron chi connectivity index (χ4n) is 1.69. The molecule has 19 heavy (non-hydrogen) atoms. The topological polar surface area (TPSA) is 86.5 Å². The first-order chi connectivity index (χ1) is 8.42. The van der Waals surface area contributed by atoms with Crippen LogP contribution in [0.15, 0.2) is 17.0 Å². The van der Waals surface area contributed by atoms with Gasteiger partial charge in [0, 0.05) is 0 Å². The Labute approximate surface area is 113 Å². The van der Waals surface area contributed by atoms with E-state index in [0.717, 1.165) is 0 Å². The van der Waals surface area contributed by atoms with Gasteiger partial charge in [0.25, 0.3) is 0 Å². The third-order valence-electron chi connectivity index (χ3n) is 2.45. The van der Waals surface area contributed by atoms with Crippen LogP contribution in [-0.4, -0.2) is 20.0 Å². The molecule has 2 N–H and O–H groups in total. The fraction of sp³-hybridized carbons (Fsp3) is 0.462. The maximum atomic E-state index is 12.0. The molecule has 0 fully saturated rings. The maximum Gasteiger partial charge on any atom is 0.338 e. The summed E-state index contributed by atoms with van der Waals surface area (Å²) >= 11 is 0. The highest BCUT2D eigenvalue weighted by molar-refractivity contribution is 7.89. The third-order valence-corrected chi connectivity index (χ3v) is 3.50. The van der Waals surface area contributed by atoms with Gasteiger partial charge in [-0.3, -0.25) is 0 Å². The molecule has 6 heteroatoms. The summed E-state index contributed by atoms with van der Waals surface area (Å²) < 4.78 is 28.1. The molecule has 0 unspecified atom stereocenters. The summed E-state index contributed by atoms with van der Waals surface area (Å²) in [5.41, 5.74) is 0.729. The van der Waals surface area contributed by atoms with Crippen molar-refractivity contribution in [2.75, 3.05) is 0 Å². The lowest BCUT2D eigenvalue weighted by Crippen LogP contribution is -2.25. The van der Waals surface area contributed by atoms with Crippen LogP contribution in [-0.2, 0) is 14.8 Å². The van der Waals surface area contributed by atoms with E-state index in [4.69, 9.17) is 9.88 Å². The minimum Gasteiger partial charge on any atom is -0.456 e. The molecule has 0 bridgehead atoms. The van der Waals surface area contributed by atoms with Crippen LogP contribution in [0, 0.1) is 13.8 Å². The van der Waals surface area contributed by atoms with Crippen molar-refractivity contribution in [3.63, 3.8) is 0 Å². The fourth-order valence-corrected chi connectivity index (χ4v) is 2.48. The number of esters is 1. The molecule has 1 rings (SSSR count). The van der Waals surface area contributed by atoms with E-state index in [2.05, 4.69) is 0 Å².